The fourth-order valence-electron chi connectivity index (χ4n) is 2.06. The summed E-state index contributed by atoms with van der Waals surface area (Å²) in [4.78, 5) is 4.58. The van der Waals surface area contributed by atoms with Crippen LogP contribution in [0.15, 0.2) is 18.2 Å². The van der Waals surface area contributed by atoms with Crippen LogP contribution in [0.3, 0.4) is 0 Å². The van der Waals surface area contributed by atoms with Crippen molar-refractivity contribution >= 4 is 11.4 Å². The first kappa shape index (κ1) is 11.3. The second-order valence-corrected chi connectivity index (χ2v) is 4.49. The van der Waals surface area contributed by atoms with Crippen molar-refractivity contribution in [2.24, 2.45) is 0 Å². The largest absolute Gasteiger partial charge is 0.378 e. The smallest absolute Gasteiger partial charge is 0.0642 e. The third-order valence-corrected chi connectivity index (χ3v) is 2.96. The summed E-state index contributed by atoms with van der Waals surface area (Å²) in [6, 6.07) is 6.64. The fraction of sp³-hybridized carbons (Fsp3) is 0.538. The average molecular weight is 220 g/mol. The molecule has 0 amide bonds. The number of rotatable bonds is 2. The van der Waals surface area contributed by atoms with Crippen LogP contribution >= 0.6 is 0 Å². The summed E-state index contributed by atoms with van der Waals surface area (Å²) in [6.07, 6.45) is 0. The van der Waals surface area contributed by atoms with Gasteiger partial charge in [0.05, 0.1) is 24.6 Å². The molecule has 1 aromatic carbocycles. The van der Waals surface area contributed by atoms with Crippen LogP contribution in [0, 0.1) is 6.92 Å². The van der Waals surface area contributed by atoms with Crippen LogP contribution in [-0.2, 0) is 4.74 Å². The van der Waals surface area contributed by atoms with E-state index in [1.807, 2.05) is 0 Å². The topological polar surface area (TPSA) is 15.7 Å². The van der Waals surface area contributed by atoms with Crippen molar-refractivity contribution in [2.75, 3.05) is 50.2 Å². The lowest BCUT2D eigenvalue weighted by molar-refractivity contribution is 0.122. The predicted octanol–water partition coefficient (Wildman–Crippen LogP) is 1.90. The molecule has 1 aromatic rings. The highest BCUT2D eigenvalue weighted by Gasteiger charge is 2.15. The standard InChI is InChI=1S/C13H20N2O/c1-11-4-5-12(13(10-11)14(2)3)15-6-8-16-9-7-15/h4-5,10H,6-9H2,1-3H3. The minimum atomic E-state index is 0.834. The quantitative estimate of drug-likeness (QED) is 0.757. The molecule has 1 aliphatic rings. The molecule has 0 aliphatic carbocycles. The van der Waals surface area contributed by atoms with E-state index in [-0.39, 0.29) is 0 Å². The fourth-order valence-corrected chi connectivity index (χ4v) is 2.06. The lowest BCUT2D eigenvalue weighted by atomic mass is 10.1. The minimum absolute atomic E-state index is 0.834. The number of anilines is 2. The molecule has 1 saturated heterocycles. The van der Waals surface area contributed by atoms with E-state index < -0.39 is 0 Å². The number of benzene rings is 1. The van der Waals surface area contributed by atoms with E-state index in [4.69, 9.17) is 4.74 Å². The SMILES string of the molecule is Cc1ccc(N2CCOCC2)c(N(C)C)c1. The molecule has 0 unspecified atom stereocenters. The van der Waals surface area contributed by atoms with Crippen molar-refractivity contribution in [2.45, 2.75) is 6.92 Å². The number of ether oxygens (including phenoxy) is 1. The second kappa shape index (κ2) is 4.74. The van der Waals surface area contributed by atoms with Gasteiger partial charge in [-0.25, -0.2) is 0 Å². The first-order valence-electron chi connectivity index (χ1n) is 5.79. The third kappa shape index (κ3) is 2.30. The summed E-state index contributed by atoms with van der Waals surface area (Å²) in [6.45, 7) is 5.78. The van der Waals surface area contributed by atoms with Crippen LogP contribution in [0.4, 0.5) is 11.4 Å². The molecule has 3 nitrogen and oxygen atoms in total. The van der Waals surface area contributed by atoms with Gasteiger partial charge in [-0.2, -0.15) is 0 Å². The van der Waals surface area contributed by atoms with Crippen molar-refractivity contribution in [1.82, 2.24) is 0 Å². The molecule has 0 aromatic heterocycles. The monoisotopic (exact) mass is 220 g/mol. The summed E-state index contributed by atoms with van der Waals surface area (Å²) in [7, 11) is 4.19. The van der Waals surface area contributed by atoms with Crippen molar-refractivity contribution in [3.05, 3.63) is 23.8 Å². The van der Waals surface area contributed by atoms with Crippen molar-refractivity contribution in [3.63, 3.8) is 0 Å². The van der Waals surface area contributed by atoms with Gasteiger partial charge in [-0.1, -0.05) is 6.07 Å². The van der Waals surface area contributed by atoms with Crippen molar-refractivity contribution in [1.29, 1.82) is 0 Å². The molecule has 0 saturated carbocycles. The molecule has 0 radical (unpaired) electrons. The number of hydrogen-bond acceptors (Lipinski definition) is 3. The zero-order valence-electron chi connectivity index (χ0n) is 10.4. The van der Waals surface area contributed by atoms with E-state index in [1.165, 1.54) is 16.9 Å². The lowest BCUT2D eigenvalue weighted by Gasteiger charge is -2.32. The van der Waals surface area contributed by atoms with Gasteiger partial charge in [-0.05, 0) is 24.6 Å². The Kier molecular flexibility index (Phi) is 3.34. The first-order chi connectivity index (χ1) is 7.68. The normalized spacial score (nSPS) is 16.3. The Bertz CT molecular complexity index is 357. The van der Waals surface area contributed by atoms with Crippen LogP contribution in [0.2, 0.25) is 0 Å². The summed E-state index contributed by atoms with van der Waals surface area (Å²) in [5.74, 6) is 0. The van der Waals surface area contributed by atoms with Gasteiger partial charge in [0.2, 0.25) is 0 Å². The van der Waals surface area contributed by atoms with Gasteiger partial charge in [-0.3, -0.25) is 0 Å². The Balaban J connectivity index is 2.31. The molecule has 1 fully saturated rings. The molecule has 0 bridgehead atoms. The molecule has 0 N–H and O–H groups in total. The lowest BCUT2D eigenvalue weighted by Crippen LogP contribution is -2.37. The Labute approximate surface area is 97.6 Å². The number of morpholine rings is 1. The van der Waals surface area contributed by atoms with Crippen LogP contribution in [-0.4, -0.2) is 40.4 Å². The third-order valence-electron chi connectivity index (χ3n) is 2.96. The number of hydrogen-bond donors (Lipinski definition) is 0. The summed E-state index contributed by atoms with van der Waals surface area (Å²) in [5.41, 5.74) is 3.92. The highest BCUT2D eigenvalue weighted by molar-refractivity contribution is 5.71. The molecular weight excluding hydrogens is 200 g/mol. The maximum Gasteiger partial charge on any atom is 0.0642 e. The molecule has 2 rings (SSSR count). The molecule has 16 heavy (non-hydrogen) atoms. The van der Waals surface area contributed by atoms with Crippen LogP contribution < -0.4 is 9.80 Å². The number of aryl methyl sites for hydroxylation is 1. The maximum absolute atomic E-state index is 5.39. The highest BCUT2D eigenvalue weighted by Crippen LogP contribution is 2.29. The van der Waals surface area contributed by atoms with Crippen LogP contribution in [0.5, 0.6) is 0 Å². The van der Waals surface area contributed by atoms with E-state index in [0.29, 0.717) is 0 Å². The van der Waals surface area contributed by atoms with Gasteiger partial charge in [-0.15, -0.1) is 0 Å². The van der Waals surface area contributed by atoms with E-state index in [1.54, 1.807) is 0 Å². The van der Waals surface area contributed by atoms with Gasteiger partial charge >= 0.3 is 0 Å². The van der Waals surface area contributed by atoms with Crippen molar-refractivity contribution in [3.8, 4) is 0 Å². The summed E-state index contributed by atoms with van der Waals surface area (Å²) in [5, 5.41) is 0. The van der Waals surface area contributed by atoms with E-state index in [9.17, 15) is 0 Å². The van der Waals surface area contributed by atoms with Gasteiger partial charge in [0.15, 0.2) is 0 Å². The Morgan fingerprint density at radius 2 is 1.88 bits per heavy atom. The predicted molar refractivity (Wildman–Crippen MR) is 68.5 cm³/mol. The molecule has 0 spiro atoms. The first-order valence-corrected chi connectivity index (χ1v) is 5.79. The Morgan fingerprint density at radius 1 is 1.19 bits per heavy atom. The second-order valence-electron chi connectivity index (χ2n) is 4.49. The molecule has 0 atom stereocenters. The Hall–Kier alpha value is -1.22. The van der Waals surface area contributed by atoms with Gasteiger partial charge < -0.3 is 14.5 Å². The van der Waals surface area contributed by atoms with E-state index >= 15 is 0 Å². The highest BCUT2D eigenvalue weighted by atomic mass is 16.5. The zero-order valence-corrected chi connectivity index (χ0v) is 10.4. The van der Waals surface area contributed by atoms with Gasteiger partial charge in [0, 0.05) is 27.2 Å². The van der Waals surface area contributed by atoms with E-state index in [2.05, 4.69) is 49.0 Å². The summed E-state index contributed by atoms with van der Waals surface area (Å²) >= 11 is 0. The van der Waals surface area contributed by atoms with Crippen molar-refractivity contribution < 1.29 is 4.74 Å². The number of nitrogens with zero attached hydrogens (tertiary/aromatic N) is 2. The average Bonchev–Trinajstić information content (AvgIpc) is 2.30. The maximum atomic E-state index is 5.39. The molecular formula is C13H20N2O. The summed E-state index contributed by atoms with van der Waals surface area (Å²) < 4.78 is 5.39. The molecule has 88 valence electrons. The minimum Gasteiger partial charge on any atom is -0.378 e. The molecule has 1 heterocycles. The van der Waals surface area contributed by atoms with Gasteiger partial charge in [0.25, 0.3) is 0 Å². The zero-order chi connectivity index (χ0) is 11.5. The van der Waals surface area contributed by atoms with Gasteiger partial charge in [0.1, 0.15) is 0 Å². The van der Waals surface area contributed by atoms with E-state index in [0.717, 1.165) is 26.3 Å². The Morgan fingerprint density at radius 3 is 2.50 bits per heavy atom. The van der Waals surface area contributed by atoms with Crippen LogP contribution in [0.1, 0.15) is 5.56 Å². The molecule has 1 aliphatic heterocycles. The van der Waals surface area contributed by atoms with Crippen LogP contribution in [0.25, 0.3) is 0 Å². The molecule has 3 heteroatoms.